The zero-order valence-electron chi connectivity index (χ0n) is 16.6. The Morgan fingerprint density at radius 3 is 2.61 bits per heavy atom. The number of hydrogen-bond acceptors (Lipinski definition) is 6. The predicted octanol–water partition coefficient (Wildman–Crippen LogP) is 2.53. The van der Waals surface area contributed by atoms with Gasteiger partial charge in [0.25, 0.3) is 0 Å². The highest BCUT2D eigenvalue weighted by molar-refractivity contribution is 8.00. The monoisotopic (exact) mass is 422 g/mol. The Hall–Kier alpha value is -1.87. The van der Waals surface area contributed by atoms with Crippen molar-refractivity contribution >= 4 is 33.2 Å². The number of carbonyl (C=O) groups excluding carboxylic acids is 1. The van der Waals surface area contributed by atoms with E-state index in [4.69, 9.17) is 0 Å². The Kier molecular flexibility index (Phi) is 6.14. The second-order valence-electron chi connectivity index (χ2n) is 7.45. The van der Waals surface area contributed by atoms with Crippen LogP contribution in [0.1, 0.15) is 30.3 Å². The molecule has 1 saturated heterocycles. The average Bonchev–Trinajstić information content (AvgIpc) is 3.14. The maximum Gasteiger partial charge on any atom is 0.237 e. The first kappa shape index (κ1) is 20.9. The Morgan fingerprint density at radius 1 is 1.32 bits per heavy atom. The van der Waals surface area contributed by atoms with Crippen LogP contribution in [0.5, 0.6) is 0 Å². The first-order valence-electron chi connectivity index (χ1n) is 9.28. The van der Waals surface area contributed by atoms with Crippen LogP contribution in [0.25, 0.3) is 0 Å². The Balaban J connectivity index is 1.63. The third-order valence-corrected chi connectivity index (χ3v) is 8.07. The molecule has 0 spiro atoms. The van der Waals surface area contributed by atoms with Crippen molar-refractivity contribution in [2.24, 2.45) is 13.0 Å². The lowest BCUT2D eigenvalue weighted by Crippen LogP contribution is -2.23. The van der Waals surface area contributed by atoms with Gasteiger partial charge in [0.15, 0.2) is 15.0 Å². The van der Waals surface area contributed by atoms with E-state index in [9.17, 15) is 13.2 Å². The van der Waals surface area contributed by atoms with E-state index >= 15 is 0 Å². The predicted molar refractivity (Wildman–Crippen MR) is 111 cm³/mol. The van der Waals surface area contributed by atoms with Crippen LogP contribution in [0.15, 0.2) is 23.4 Å². The maximum atomic E-state index is 12.6. The van der Waals surface area contributed by atoms with Crippen molar-refractivity contribution in [2.75, 3.05) is 16.8 Å². The van der Waals surface area contributed by atoms with Gasteiger partial charge in [-0.1, -0.05) is 30.0 Å². The second kappa shape index (κ2) is 8.24. The van der Waals surface area contributed by atoms with E-state index in [-0.39, 0.29) is 28.6 Å². The van der Waals surface area contributed by atoms with Crippen LogP contribution >= 0.6 is 11.8 Å². The van der Waals surface area contributed by atoms with E-state index in [1.54, 1.807) is 0 Å². The molecule has 28 heavy (non-hydrogen) atoms. The number of nitrogens with one attached hydrogen (secondary N) is 1. The lowest BCUT2D eigenvalue weighted by atomic mass is 10.1. The summed E-state index contributed by atoms with van der Waals surface area (Å²) in [6.45, 7) is 5.78. The van der Waals surface area contributed by atoms with Gasteiger partial charge >= 0.3 is 0 Å². The molecule has 3 rings (SSSR count). The van der Waals surface area contributed by atoms with Crippen LogP contribution in [0, 0.1) is 19.8 Å². The number of thioether (sulfide) groups is 1. The molecule has 1 aliphatic heterocycles. The zero-order chi connectivity index (χ0) is 20.5. The molecule has 0 unspecified atom stereocenters. The van der Waals surface area contributed by atoms with Crippen LogP contribution in [0.2, 0.25) is 0 Å². The fraction of sp³-hybridized carbons (Fsp3) is 0.526. The molecule has 1 amide bonds. The molecule has 152 valence electrons. The number of rotatable bonds is 6. The molecule has 1 aliphatic rings. The summed E-state index contributed by atoms with van der Waals surface area (Å²) < 4.78 is 25.2. The molecule has 1 aromatic carbocycles. The number of nitrogens with zero attached hydrogens (tertiary/aromatic N) is 3. The summed E-state index contributed by atoms with van der Waals surface area (Å²) in [5.74, 6) is 1.24. The van der Waals surface area contributed by atoms with E-state index in [1.165, 1.54) is 11.8 Å². The summed E-state index contributed by atoms with van der Waals surface area (Å²) in [6, 6.07) is 5.91. The van der Waals surface area contributed by atoms with Gasteiger partial charge in [0.05, 0.1) is 16.8 Å². The maximum absolute atomic E-state index is 12.6. The second-order valence-corrected chi connectivity index (χ2v) is 11.0. The minimum absolute atomic E-state index is 0.0890. The van der Waals surface area contributed by atoms with Gasteiger partial charge in [-0.25, -0.2) is 8.42 Å². The summed E-state index contributed by atoms with van der Waals surface area (Å²) >= 11 is 1.35. The van der Waals surface area contributed by atoms with Crippen molar-refractivity contribution in [3.63, 3.8) is 0 Å². The Labute approximate surface area is 170 Å². The number of aryl methyl sites for hydroxylation is 2. The van der Waals surface area contributed by atoms with Gasteiger partial charge in [-0.3, -0.25) is 4.79 Å². The van der Waals surface area contributed by atoms with Crippen LogP contribution in [0.4, 0.5) is 5.69 Å². The molecule has 0 bridgehead atoms. The first-order valence-corrected chi connectivity index (χ1v) is 12.0. The molecule has 9 heteroatoms. The van der Waals surface area contributed by atoms with E-state index in [0.717, 1.165) is 22.6 Å². The number of anilines is 1. The van der Waals surface area contributed by atoms with Crippen molar-refractivity contribution in [3.8, 4) is 0 Å². The van der Waals surface area contributed by atoms with Crippen molar-refractivity contribution in [2.45, 2.75) is 44.0 Å². The molecule has 1 fully saturated rings. The quantitative estimate of drug-likeness (QED) is 0.719. The van der Waals surface area contributed by atoms with Crippen LogP contribution in [-0.4, -0.2) is 45.8 Å². The third kappa shape index (κ3) is 4.75. The SMILES string of the molecule is Cc1cccc(C)c1NC(=O)[C@H](C)Sc1nnc(C[C@@H]2CCS(=O)(=O)C2)n1C. The van der Waals surface area contributed by atoms with Gasteiger partial charge in [-0.05, 0) is 44.2 Å². The lowest BCUT2D eigenvalue weighted by Gasteiger charge is -2.15. The third-order valence-electron chi connectivity index (χ3n) is 5.10. The van der Waals surface area contributed by atoms with Crippen molar-refractivity contribution in [1.29, 1.82) is 0 Å². The fourth-order valence-electron chi connectivity index (χ4n) is 3.36. The van der Waals surface area contributed by atoms with Gasteiger partial charge in [0.1, 0.15) is 5.82 Å². The molecule has 1 aromatic heterocycles. The average molecular weight is 423 g/mol. The number of benzene rings is 1. The van der Waals surface area contributed by atoms with Gasteiger partial charge in [0, 0.05) is 19.2 Å². The Bertz CT molecular complexity index is 965. The highest BCUT2D eigenvalue weighted by Gasteiger charge is 2.29. The largest absolute Gasteiger partial charge is 0.325 e. The standard InChI is InChI=1S/C19H26N4O3S2/c1-12-6-5-7-13(2)17(12)20-18(24)14(3)27-19-22-21-16(23(19)4)10-15-8-9-28(25,26)11-15/h5-7,14-15H,8-11H2,1-4H3,(H,20,24)/t14-,15-/m0/s1. The number of sulfone groups is 1. The summed E-state index contributed by atoms with van der Waals surface area (Å²) in [7, 11) is -1.05. The topological polar surface area (TPSA) is 94.0 Å². The van der Waals surface area contributed by atoms with Crippen molar-refractivity contribution in [3.05, 3.63) is 35.2 Å². The summed E-state index contributed by atoms with van der Waals surface area (Å²) in [5.41, 5.74) is 2.90. The number of hydrogen-bond donors (Lipinski definition) is 1. The van der Waals surface area contributed by atoms with Crippen LogP contribution in [-0.2, 0) is 28.1 Å². The van der Waals surface area contributed by atoms with E-state index in [2.05, 4.69) is 15.5 Å². The minimum atomic E-state index is -2.90. The summed E-state index contributed by atoms with van der Waals surface area (Å²) in [5, 5.41) is 11.7. The number of para-hydroxylation sites is 1. The Morgan fingerprint density at radius 2 is 2.00 bits per heavy atom. The molecule has 2 atom stereocenters. The van der Waals surface area contributed by atoms with Gasteiger partial charge in [0.2, 0.25) is 5.91 Å². The van der Waals surface area contributed by atoms with E-state index in [1.807, 2.05) is 50.6 Å². The summed E-state index contributed by atoms with van der Waals surface area (Å²) in [6.07, 6.45) is 1.26. The molecule has 2 heterocycles. The first-order chi connectivity index (χ1) is 13.2. The van der Waals surface area contributed by atoms with Crippen LogP contribution in [0.3, 0.4) is 0 Å². The smallest absolute Gasteiger partial charge is 0.237 e. The van der Waals surface area contributed by atoms with E-state index in [0.29, 0.717) is 18.0 Å². The molecular weight excluding hydrogens is 396 g/mol. The number of amides is 1. The lowest BCUT2D eigenvalue weighted by molar-refractivity contribution is -0.115. The summed E-state index contributed by atoms with van der Waals surface area (Å²) in [4.78, 5) is 12.6. The molecule has 2 aromatic rings. The van der Waals surface area contributed by atoms with Gasteiger partial charge in [-0.2, -0.15) is 0 Å². The van der Waals surface area contributed by atoms with Gasteiger partial charge < -0.3 is 9.88 Å². The minimum Gasteiger partial charge on any atom is -0.325 e. The van der Waals surface area contributed by atoms with Crippen LogP contribution < -0.4 is 5.32 Å². The fourth-order valence-corrected chi connectivity index (χ4v) is 6.06. The highest BCUT2D eigenvalue weighted by atomic mass is 32.2. The number of carbonyl (C=O) groups is 1. The zero-order valence-corrected chi connectivity index (χ0v) is 18.2. The number of aromatic nitrogens is 3. The molecule has 1 N–H and O–H groups in total. The van der Waals surface area contributed by atoms with Crippen molar-refractivity contribution < 1.29 is 13.2 Å². The molecule has 0 radical (unpaired) electrons. The molecule has 0 aliphatic carbocycles. The molecular formula is C19H26N4O3S2. The normalized spacial score (nSPS) is 19.5. The van der Waals surface area contributed by atoms with Crippen molar-refractivity contribution in [1.82, 2.24) is 14.8 Å². The van der Waals surface area contributed by atoms with E-state index < -0.39 is 9.84 Å². The molecule has 7 nitrogen and oxygen atoms in total. The highest BCUT2D eigenvalue weighted by Crippen LogP contribution is 2.27. The molecule has 0 saturated carbocycles. The van der Waals surface area contributed by atoms with Gasteiger partial charge in [-0.15, -0.1) is 10.2 Å².